The summed E-state index contributed by atoms with van der Waals surface area (Å²) in [6.45, 7) is 0.984. The highest BCUT2D eigenvalue weighted by molar-refractivity contribution is 6.35. The third-order valence-electron chi connectivity index (χ3n) is 4.14. The highest BCUT2D eigenvalue weighted by Crippen LogP contribution is 2.22. The molecule has 3 rings (SSSR count). The van der Waals surface area contributed by atoms with Gasteiger partial charge in [0.05, 0.1) is 19.2 Å². The molecule has 0 atom stereocenters. The first kappa shape index (κ1) is 18.6. The van der Waals surface area contributed by atoms with E-state index in [-0.39, 0.29) is 5.91 Å². The van der Waals surface area contributed by atoms with Crippen molar-refractivity contribution in [3.8, 4) is 0 Å². The van der Waals surface area contributed by atoms with E-state index in [1.165, 1.54) is 0 Å². The van der Waals surface area contributed by atoms with Gasteiger partial charge in [-0.15, -0.1) is 0 Å². The summed E-state index contributed by atoms with van der Waals surface area (Å²) in [6.07, 6.45) is 2.62. The Balaban J connectivity index is 1.71. The number of benzene rings is 2. The molecule has 1 aromatic heterocycles. The first-order chi connectivity index (χ1) is 12.6. The van der Waals surface area contributed by atoms with Gasteiger partial charge < -0.3 is 9.32 Å². The van der Waals surface area contributed by atoms with E-state index < -0.39 is 0 Å². The number of furan rings is 1. The van der Waals surface area contributed by atoms with Gasteiger partial charge in [-0.3, -0.25) is 4.79 Å². The zero-order valence-electron chi connectivity index (χ0n) is 14.2. The van der Waals surface area contributed by atoms with E-state index in [1.807, 2.05) is 54.6 Å². The summed E-state index contributed by atoms with van der Waals surface area (Å²) in [7, 11) is 0. The number of nitrogens with zero attached hydrogens (tertiary/aromatic N) is 1. The Morgan fingerprint density at radius 2 is 1.81 bits per heavy atom. The third-order valence-corrected chi connectivity index (χ3v) is 4.73. The lowest BCUT2D eigenvalue weighted by molar-refractivity contribution is -0.131. The van der Waals surface area contributed by atoms with Crippen molar-refractivity contribution < 1.29 is 9.21 Å². The van der Waals surface area contributed by atoms with Crippen LogP contribution >= 0.6 is 23.2 Å². The second-order valence-corrected chi connectivity index (χ2v) is 6.89. The molecule has 0 saturated carbocycles. The van der Waals surface area contributed by atoms with Gasteiger partial charge in [0.25, 0.3) is 0 Å². The molecule has 0 aliphatic rings. The second-order valence-electron chi connectivity index (χ2n) is 6.04. The number of hydrogen-bond donors (Lipinski definition) is 0. The van der Waals surface area contributed by atoms with Crippen LogP contribution < -0.4 is 0 Å². The second kappa shape index (κ2) is 8.93. The van der Waals surface area contributed by atoms with E-state index in [2.05, 4.69) is 0 Å². The van der Waals surface area contributed by atoms with E-state index in [0.717, 1.165) is 16.9 Å². The molecule has 3 aromatic rings. The molecule has 0 N–H and O–H groups in total. The summed E-state index contributed by atoms with van der Waals surface area (Å²) in [4.78, 5) is 14.6. The molecule has 0 aliphatic heterocycles. The van der Waals surface area contributed by atoms with Gasteiger partial charge in [0.2, 0.25) is 5.91 Å². The Morgan fingerprint density at radius 1 is 1.00 bits per heavy atom. The number of halogens is 2. The van der Waals surface area contributed by atoms with Gasteiger partial charge in [-0.05, 0) is 41.8 Å². The normalized spacial score (nSPS) is 10.7. The zero-order valence-corrected chi connectivity index (χ0v) is 15.7. The minimum atomic E-state index is 0.0534. The van der Waals surface area contributed by atoms with Crippen LogP contribution in [0.3, 0.4) is 0 Å². The lowest BCUT2D eigenvalue weighted by atomic mass is 10.1. The summed E-state index contributed by atoms with van der Waals surface area (Å²) < 4.78 is 5.42. The highest BCUT2D eigenvalue weighted by Gasteiger charge is 2.16. The molecule has 0 saturated heterocycles. The molecule has 0 spiro atoms. The van der Waals surface area contributed by atoms with Crippen molar-refractivity contribution in [3.05, 3.63) is 93.9 Å². The number of rotatable bonds is 7. The average Bonchev–Trinajstić information content (AvgIpc) is 3.14. The first-order valence-corrected chi connectivity index (χ1v) is 9.15. The van der Waals surface area contributed by atoms with E-state index in [4.69, 9.17) is 27.6 Å². The van der Waals surface area contributed by atoms with Gasteiger partial charge in [-0.2, -0.15) is 0 Å². The van der Waals surface area contributed by atoms with Crippen LogP contribution in [0.15, 0.2) is 71.3 Å². The average molecular weight is 388 g/mol. The van der Waals surface area contributed by atoms with Crippen LogP contribution in [0, 0.1) is 0 Å². The van der Waals surface area contributed by atoms with Crippen molar-refractivity contribution >= 4 is 29.1 Å². The molecule has 5 heteroatoms. The molecule has 3 nitrogen and oxygen atoms in total. The molecule has 0 unspecified atom stereocenters. The fourth-order valence-corrected chi connectivity index (χ4v) is 3.25. The number of carbonyl (C=O) groups is 1. The smallest absolute Gasteiger partial charge is 0.227 e. The number of amides is 1. The topological polar surface area (TPSA) is 33.5 Å². The Hall–Kier alpha value is -2.23. The van der Waals surface area contributed by atoms with Crippen molar-refractivity contribution in [2.45, 2.75) is 19.4 Å². The predicted octanol–water partition coefficient (Wildman–Crippen LogP) is 5.40. The van der Waals surface area contributed by atoms with E-state index in [0.29, 0.717) is 36.0 Å². The maximum absolute atomic E-state index is 12.8. The van der Waals surface area contributed by atoms with Gasteiger partial charge >= 0.3 is 0 Å². The number of hydrogen-bond acceptors (Lipinski definition) is 2. The Morgan fingerprint density at radius 3 is 2.50 bits per heavy atom. The molecule has 26 heavy (non-hydrogen) atoms. The molecular weight excluding hydrogens is 369 g/mol. The van der Waals surface area contributed by atoms with Crippen LogP contribution in [0.4, 0.5) is 0 Å². The van der Waals surface area contributed by atoms with Crippen molar-refractivity contribution in [1.82, 2.24) is 4.90 Å². The first-order valence-electron chi connectivity index (χ1n) is 8.40. The van der Waals surface area contributed by atoms with Crippen LogP contribution in [-0.4, -0.2) is 17.4 Å². The van der Waals surface area contributed by atoms with E-state index in [1.54, 1.807) is 17.2 Å². The number of carbonyl (C=O) groups excluding carboxylic acids is 1. The predicted molar refractivity (Wildman–Crippen MR) is 104 cm³/mol. The van der Waals surface area contributed by atoms with E-state index in [9.17, 15) is 4.79 Å². The lowest BCUT2D eigenvalue weighted by Crippen LogP contribution is -2.33. The van der Waals surface area contributed by atoms with Crippen molar-refractivity contribution in [1.29, 1.82) is 0 Å². The van der Waals surface area contributed by atoms with Crippen LogP contribution in [0.5, 0.6) is 0 Å². The summed E-state index contributed by atoms with van der Waals surface area (Å²) in [5.74, 6) is 0.811. The fourth-order valence-electron chi connectivity index (χ4n) is 2.74. The summed E-state index contributed by atoms with van der Waals surface area (Å²) in [5.41, 5.74) is 1.96. The monoisotopic (exact) mass is 387 g/mol. The fraction of sp³-hybridized carbons (Fsp3) is 0.190. The van der Waals surface area contributed by atoms with Gasteiger partial charge in [-0.1, -0.05) is 59.6 Å². The Kier molecular flexibility index (Phi) is 6.37. The van der Waals surface area contributed by atoms with Crippen molar-refractivity contribution in [2.24, 2.45) is 0 Å². The van der Waals surface area contributed by atoms with Gasteiger partial charge in [-0.25, -0.2) is 0 Å². The van der Waals surface area contributed by atoms with Gasteiger partial charge in [0, 0.05) is 16.6 Å². The minimum Gasteiger partial charge on any atom is -0.467 e. The van der Waals surface area contributed by atoms with Crippen LogP contribution in [0.25, 0.3) is 0 Å². The molecule has 1 amide bonds. The molecule has 134 valence electrons. The maximum Gasteiger partial charge on any atom is 0.227 e. The van der Waals surface area contributed by atoms with Crippen molar-refractivity contribution in [3.63, 3.8) is 0 Å². The minimum absolute atomic E-state index is 0.0534. The molecular formula is C21H19Cl2NO2. The lowest BCUT2D eigenvalue weighted by Gasteiger charge is -2.22. The van der Waals surface area contributed by atoms with E-state index >= 15 is 0 Å². The molecule has 1 heterocycles. The van der Waals surface area contributed by atoms with Crippen molar-refractivity contribution in [2.75, 3.05) is 6.54 Å². The highest BCUT2D eigenvalue weighted by atomic mass is 35.5. The molecule has 2 aromatic carbocycles. The third kappa shape index (κ3) is 5.13. The Labute approximate surface area is 163 Å². The molecule has 0 fully saturated rings. The van der Waals surface area contributed by atoms with Gasteiger partial charge in [0.1, 0.15) is 5.76 Å². The van der Waals surface area contributed by atoms with Crippen LogP contribution in [-0.2, 0) is 24.2 Å². The largest absolute Gasteiger partial charge is 0.467 e. The molecule has 0 aliphatic carbocycles. The molecule has 0 bridgehead atoms. The molecule has 0 radical (unpaired) electrons. The van der Waals surface area contributed by atoms with Crippen LogP contribution in [0.1, 0.15) is 16.9 Å². The SMILES string of the molecule is O=C(Cc1ccccc1)N(CCc1ccc(Cl)cc1Cl)Cc1ccco1. The van der Waals surface area contributed by atoms with Gasteiger partial charge in [0.15, 0.2) is 0 Å². The summed E-state index contributed by atoms with van der Waals surface area (Å²) in [5, 5.41) is 1.22. The van der Waals surface area contributed by atoms with Crippen LogP contribution in [0.2, 0.25) is 10.0 Å². The quantitative estimate of drug-likeness (QED) is 0.543. The standard InChI is InChI=1S/C21H19Cl2NO2/c22-18-9-8-17(20(23)14-18)10-11-24(15-19-7-4-12-26-19)21(25)13-16-5-2-1-3-6-16/h1-9,12,14H,10-11,13,15H2. The summed E-state index contributed by atoms with van der Waals surface area (Å²) >= 11 is 12.2. The zero-order chi connectivity index (χ0) is 18.4. The summed E-state index contributed by atoms with van der Waals surface area (Å²) in [6, 6.07) is 18.9. The maximum atomic E-state index is 12.8. The Bertz CT molecular complexity index is 848.